The van der Waals surface area contributed by atoms with Crippen molar-refractivity contribution in [2.75, 3.05) is 6.61 Å². The van der Waals surface area contributed by atoms with Crippen LogP contribution in [0.25, 0.3) is 23.1 Å². The second kappa shape index (κ2) is 11.4. The van der Waals surface area contributed by atoms with Crippen LogP contribution in [0.4, 0.5) is 26.3 Å². The van der Waals surface area contributed by atoms with Gasteiger partial charge in [0.25, 0.3) is 5.60 Å². The highest BCUT2D eigenvalue weighted by Gasteiger charge is 2.69. The summed E-state index contributed by atoms with van der Waals surface area (Å²) in [5.74, 6) is 0.554. The molecule has 0 spiro atoms. The molecule has 0 radical (unpaired) electrons. The van der Waals surface area contributed by atoms with E-state index >= 15 is 0 Å². The van der Waals surface area contributed by atoms with Gasteiger partial charge in [-0.15, -0.1) is 0 Å². The van der Waals surface area contributed by atoms with Crippen LogP contribution in [-0.4, -0.2) is 29.5 Å². The first-order chi connectivity index (χ1) is 15.6. The highest BCUT2D eigenvalue weighted by molar-refractivity contribution is 5.57. The van der Waals surface area contributed by atoms with Crippen LogP contribution >= 0.6 is 0 Å². The van der Waals surface area contributed by atoms with E-state index in [4.69, 9.17) is 9.68 Å². The number of nitriles is 1. The third-order valence-corrected chi connectivity index (χ3v) is 4.54. The molecule has 4 nitrogen and oxygen atoms in total. The Morgan fingerprint density at radius 2 is 1.65 bits per heavy atom. The number of hydrogen-bond acceptors (Lipinski definition) is 4. The number of halogens is 6. The molecule has 10 heteroatoms. The molecule has 0 aliphatic rings. The topological polar surface area (TPSA) is 59.0 Å². The second-order valence-corrected chi connectivity index (χ2v) is 7.76. The van der Waals surface area contributed by atoms with Crippen molar-refractivity contribution < 1.29 is 35.5 Å². The van der Waals surface area contributed by atoms with E-state index in [0.717, 1.165) is 11.1 Å². The molecule has 0 atom stereocenters. The van der Waals surface area contributed by atoms with Gasteiger partial charge in [0.1, 0.15) is 5.35 Å². The summed E-state index contributed by atoms with van der Waals surface area (Å²) in [6.45, 7) is 10.4. The monoisotopic (exact) mass is 488 g/mol. The number of benzene rings is 1. The van der Waals surface area contributed by atoms with E-state index in [1.54, 1.807) is 6.08 Å². The zero-order chi connectivity index (χ0) is 26.3. The minimum atomic E-state index is -5.46. The van der Waals surface area contributed by atoms with Crippen molar-refractivity contribution in [1.29, 1.82) is 5.26 Å². The number of aryl methyl sites for hydroxylation is 1. The van der Waals surface area contributed by atoms with Crippen molar-refractivity contribution in [3.63, 3.8) is 0 Å². The number of oxazole rings is 1. The minimum absolute atomic E-state index is 0.0112. The summed E-state index contributed by atoms with van der Waals surface area (Å²) in [5, 5.41) is 9.48. The summed E-state index contributed by atoms with van der Waals surface area (Å²) < 4.78 is 82.1. The van der Waals surface area contributed by atoms with Crippen LogP contribution in [0.1, 0.15) is 39.7 Å². The standard InChI is InChI=1S/C17H16N2O.C7H10F6O/c1-11(2)16-15(9-13(4)10-18)19-17(20-16)14-7-5-12(3)6-8-14;1-3-4-14-5(2,6(8,9)10)7(11,12)13/h5-9H,4H2,1-3H3;3-4H2,1-2H3/b15-9+;. The fourth-order valence-electron chi connectivity index (χ4n) is 2.44. The highest BCUT2D eigenvalue weighted by atomic mass is 19.4. The molecule has 0 amide bonds. The molecule has 1 heterocycles. The molecular weight excluding hydrogens is 462 g/mol. The Bertz CT molecular complexity index is 1120. The van der Waals surface area contributed by atoms with E-state index in [-0.39, 0.29) is 13.3 Å². The maximum Gasteiger partial charge on any atom is 0.426 e. The Balaban J connectivity index is 0.000000365. The lowest BCUT2D eigenvalue weighted by molar-refractivity contribution is -0.374. The van der Waals surface area contributed by atoms with E-state index in [0.29, 0.717) is 22.2 Å². The first kappa shape index (κ1) is 29.0. The predicted molar refractivity (Wildman–Crippen MR) is 117 cm³/mol. The van der Waals surface area contributed by atoms with Crippen LogP contribution in [0.3, 0.4) is 0 Å². The molecule has 0 saturated heterocycles. The van der Waals surface area contributed by atoms with Gasteiger partial charge in [-0.1, -0.05) is 31.2 Å². The summed E-state index contributed by atoms with van der Waals surface area (Å²) in [5.41, 5.74) is 0.0838. The van der Waals surface area contributed by atoms with Crippen LogP contribution in [-0.2, 0) is 4.74 Å². The number of allylic oxidation sites excluding steroid dienone is 1. The lowest BCUT2D eigenvalue weighted by Gasteiger charge is -2.33. The Labute approximate surface area is 193 Å². The summed E-state index contributed by atoms with van der Waals surface area (Å²) in [4.78, 5) is 4.46. The number of aromatic nitrogens is 1. The van der Waals surface area contributed by atoms with Gasteiger partial charge in [-0.2, -0.15) is 31.6 Å². The molecule has 2 rings (SSSR count). The Morgan fingerprint density at radius 3 is 2.06 bits per heavy atom. The smallest absolute Gasteiger partial charge is 0.426 e. The summed E-state index contributed by atoms with van der Waals surface area (Å²) in [6.07, 6.45) is -9.19. The van der Waals surface area contributed by atoms with Crippen molar-refractivity contribution in [1.82, 2.24) is 4.98 Å². The molecule has 0 aliphatic carbocycles. The van der Waals surface area contributed by atoms with E-state index in [1.165, 1.54) is 12.5 Å². The molecule has 0 aliphatic heterocycles. The van der Waals surface area contributed by atoms with Crippen molar-refractivity contribution in [3.8, 4) is 17.5 Å². The van der Waals surface area contributed by atoms with E-state index in [1.807, 2.05) is 51.1 Å². The van der Waals surface area contributed by atoms with Gasteiger partial charge >= 0.3 is 12.4 Å². The first-order valence-corrected chi connectivity index (χ1v) is 10.2. The number of nitrogens with zero attached hydrogens (tertiary/aromatic N) is 2. The molecule has 1 aromatic carbocycles. The summed E-state index contributed by atoms with van der Waals surface area (Å²) in [7, 11) is 0. The Morgan fingerprint density at radius 1 is 1.12 bits per heavy atom. The van der Waals surface area contributed by atoms with E-state index in [2.05, 4.69) is 16.3 Å². The average molecular weight is 488 g/mol. The zero-order valence-electron chi connectivity index (χ0n) is 19.5. The molecule has 0 bridgehead atoms. The third-order valence-electron chi connectivity index (χ3n) is 4.54. The van der Waals surface area contributed by atoms with Gasteiger partial charge in [0.2, 0.25) is 5.89 Å². The van der Waals surface area contributed by atoms with Crippen LogP contribution in [0.5, 0.6) is 0 Å². The molecular formula is C24H26F6N2O2. The Kier molecular flexibility index (Phi) is 9.70. The van der Waals surface area contributed by atoms with Gasteiger partial charge in [0, 0.05) is 17.7 Å². The van der Waals surface area contributed by atoms with Crippen LogP contribution in [0.2, 0.25) is 0 Å². The SMILES string of the molecule is C=C(C#N)/C=c1/nc(-c2ccc(C)cc2)oc1=C(C)C.CCCOC(C)(C(F)(F)F)C(F)(F)F. The number of alkyl halides is 6. The van der Waals surface area contributed by atoms with Gasteiger partial charge in [-0.3, -0.25) is 0 Å². The lowest BCUT2D eigenvalue weighted by atomic mass is 10.1. The third kappa shape index (κ3) is 7.22. The maximum atomic E-state index is 12.1. The molecule has 2 aromatic rings. The normalized spacial score (nSPS) is 12.6. The van der Waals surface area contributed by atoms with Crippen molar-refractivity contribution >= 4 is 11.6 Å². The Hall–Kier alpha value is -3.06. The summed E-state index contributed by atoms with van der Waals surface area (Å²) in [6, 6.07) is 9.96. The summed E-state index contributed by atoms with van der Waals surface area (Å²) >= 11 is 0. The fourth-order valence-corrected chi connectivity index (χ4v) is 2.44. The number of rotatable bonds is 5. The fraction of sp³-hybridized carbons (Fsp3) is 0.417. The van der Waals surface area contributed by atoms with Crippen molar-refractivity contribution in [2.45, 2.75) is 59.0 Å². The maximum absolute atomic E-state index is 12.1. The molecule has 0 saturated carbocycles. The first-order valence-electron chi connectivity index (χ1n) is 10.2. The van der Waals surface area contributed by atoms with E-state index in [9.17, 15) is 26.3 Å². The van der Waals surface area contributed by atoms with Gasteiger partial charge in [-0.25, -0.2) is 4.98 Å². The van der Waals surface area contributed by atoms with Crippen LogP contribution in [0, 0.1) is 18.3 Å². The molecule has 186 valence electrons. The van der Waals surface area contributed by atoms with Crippen LogP contribution in [0.15, 0.2) is 40.8 Å². The molecule has 0 N–H and O–H groups in total. The van der Waals surface area contributed by atoms with Crippen molar-refractivity contribution in [3.05, 3.63) is 52.7 Å². The van der Waals surface area contributed by atoms with Gasteiger partial charge in [-0.05, 0) is 57.9 Å². The minimum Gasteiger partial charge on any atom is -0.436 e. The number of hydrogen-bond donors (Lipinski definition) is 0. The lowest BCUT2D eigenvalue weighted by Crippen LogP contribution is -2.56. The van der Waals surface area contributed by atoms with Crippen LogP contribution < -0.4 is 10.8 Å². The van der Waals surface area contributed by atoms with Gasteiger partial charge in [0.15, 0.2) is 5.42 Å². The zero-order valence-corrected chi connectivity index (χ0v) is 19.5. The number of ether oxygens (including phenoxy) is 1. The quantitative estimate of drug-likeness (QED) is 0.383. The predicted octanol–water partition coefficient (Wildman–Crippen LogP) is 6.00. The molecule has 1 aromatic heterocycles. The molecule has 0 unspecified atom stereocenters. The largest absolute Gasteiger partial charge is 0.436 e. The highest BCUT2D eigenvalue weighted by Crippen LogP contribution is 2.45. The molecule has 0 fully saturated rings. The molecule has 34 heavy (non-hydrogen) atoms. The van der Waals surface area contributed by atoms with Crippen molar-refractivity contribution in [2.24, 2.45) is 0 Å². The van der Waals surface area contributed by atoms with Gasteiger partial charge in [0.05, 0.1) is 6.07 Å². The average Bonchev–Trinajstić information content (AvgIpc) is 3.15. The van der Waals surface area contributed by atoms with E-state index < -0.39 is 24.6 Å². The second-order valence-electron chi connectivity index (χ2n) is 7.76. The van der Waals surface area contributed by atoms with Gasteiger partial charge < -0.3 is 9.15 Å².